The number of hydrogen-bond acceptors (Lipinski definition) is 2. The zero-order chi connectivity index (χ0) is 12.4. The molecule has 16 heavy (non-hydrogen) atoms. The Morgan fingerprint density at radius 2 is 2.50 bits per heavy atom. The first-order chi connectivity index (χ1) is 8.11. The van der Waals surface area contributed by atoms with Crippen molar-refractivity contribution in [2.24, 2.45) is 5.73 Å². The molecule has 0 aliphatic carbocycles. The smallest absolute Gasteiger partial charge is 0.320 e. The molecule has 4 nitrogen and oxygen atoms in total. The van der Waals surface area contributed by atoms with E-state index in [9.17, 15) is 4.79 Å². The Morgan fingerprint density at radius 3 is 3.19 bits per heavy atom. The maximum Gasteiger partial charge on any atom is 0.320 e. The van der Waals surface area contributed by atoms with E-state index >= 15 is 0 Å². The summed E-state index contributed by atoms with van der Waals surface area (Å²) < 4.78 is 7.32. The number of aromatic amines is 1. The van der Waals surface area contributed by atoms with Gasteiger partial charge in [0.05, 0.1) is 0 Å². The molecule has 0 radical (unpaired) electrons. The standard InChI is InChI=1S/C12H14N2O2/c1-7-2-3-11-9(4-7)8(6-14-11)5-10(13)12(15)16/h2-4,6,10,14H,5,13H2,1H3,(H,15,16)/t10-/m0/s1/i1D. The number of carboxylic acids is 1. The number of nitrogens with one attached hydrogen (secondary N) is 1. The van der Waals surface area contributed by atoms with E-state index < -0.39 is 12.0 Å². The van der Waals surface area contributed by atoms with E-state index in [0.29, 0.717) is 0 Å². The van der Waals surface area contributed by atoms with Gasteiger partial charge in [-0.3, -0.25) is 4.79 Å². The third kappa shape index (κ3) is 1.92. The first-order valence-corrected chi connectivity index (χ1v) is 4.98. The van der Waals surface area contributed by atoms with E-state index in [0.717, 1.165) is 22.0 Å². The number of fused-ring (bicyclic) bond motifs is 1. The highest BCUT2D eigenvalue weighted by Crippen LogP contribution is 2.20. The molecule has 0 fully saturated rings. The Kier molecular flexibility index (Phi) is 2.34. The average molecular weight is 219 g/mol. The first kappa shape index (κ1) is 9.42. The summed E-state index contributed by atoms with van der Waals surface area (Å²) in [5.41, 5.74) is 8.24. The van der Waals surface area contributed by atoms with Crippen molar-refractivity contribution >= 4 is 16.9 Å². The summed E-state index contributed by atoms with van der Waals surface area (Å²) in [4.78, 5) is 13.8. The lowest BCUT2D eigenvalue weighted by molar-refractivity contribution is -0.138. The van der Waals surface area contributed by atoms with Gasteiger partial charge in [-0.1, -0.05) is 11.6 Å². The fourth-order valence-corrected chi connectivity index (χ4v) is 1.72. The second-order valence-electron chi connectivity index (χ2n) is 3.84. The molecule has 2 rings (SSSR count). The minimum absolute atomic E-state index is 0.214. The molecule has 1 atom stereocenters. The fraction of sp³-hybridized carbons (Fsp3) is 0.250. The van der Waals surface area contributed by atoms with Crippen LogP contribution in [0.5, 0.6) is 0 Å². The van der Waals surface area contributed by atoms with Gasteiger partial charge in [-0.25, -0.2) is 0 Å². The lowest BCUT2D eigenvalue weighted by Gasteiger charge is -2.05. The summed E-state index contributed by atoms with van der Waals surface area (Å²) in [7, 11) is 0. The molecule has 2 aromatic rings. The molecule has 0 saturated carbocycles. The van der Waals surface area contributed by atoms with E-state index in [-0.39, 0.29) is 13.3 Å². The molecule has 0 bridgehead atoms. The van der Waals surface area contributed by atoms with Crippen LogP contribution >= 0.6 is 0 Å². The molecule has 84 valence electrons. The molecule has 1 aromatic carbocycles. The summed E-state index contributed by atoms with van der Waals surface area (Å²) in [6, 6.07) is 4.79. The largest absolute Gasteiger partial charge is 0.480 e. The summed E-state index contributed by atoms with van der Waals surface area (Å²) in [6.07, 6.45) is 2.07. The number of H-pyrrole nitrogens is 1. The molecule has 4 heteroatoms. The second-order valence-corrected chi connectivity index (χ2v) is 3.84. The molecule has 0 spiro atoms. The van der Waals surface area contributed by atoms with Crippen LogP contribution in [-0.4, -0.2) is 22.1 Å². The maximum atomic E-state index is 10.7. The van der Waals surface area contributed by atoms with Gasteiger partial charge in [-0.2, -0.15) is 0 Å². The zero-order valence-electron chi connectivity index (χ0n) is 9.73. The molecular formula is C12H14N2O2. The summed E-state index contributed by atoms with van der Waals surface area (Å²) in [6.45, 7) is 0.214. The van der Waals surface area contributed by atoms with Gasteiger partial charge in [0.2, 0.25) is 0 Å². The number of carboxylic acid groups (broad SMARTS) is 1. The van der Waals surface area contributed by atoms with Crippen LogP contribution in [0.15, 0.2) is 24.4 Å². The molecule has 0 aliphatic heterocycles. The molecule has 1 aromatic heterocycles. The van der Waals surface area contributed by atoms with Crippen molar-refractivity contribution in [1.29, 1.82) is 0 Å². The molecule has 1 heterocycles. The van der Waals surface area contributed by atoms with E-state index in [1.54, 1.807) is 6.20 Å². The van der Waals surface area contributed by atoms with Crippen molar-refractivity contribution in [3.8, 4) is 0 Å². The highest BCUT2D eigenvalue weighted by molar-refractivity contribution is 5.85. The van der Waals surface area contributed by atoms with Crippen molar-refractivity contribution in [1.82, 2.24) is 4.98 Å². The zero-order valence-corrected chi connectivity index (χ0v) is 8.73. The Hall–Kier alpha value is -1.81. The Labute approximate surface area is 94.5 Å². The van der Waals surface area contributed by atoms with Crippen molar-refractivity contribution in [2.45, 2.75) is 19.4 Å². The number of benzene rings is 1. The van der Waals surface area contributed by atoms with E-state index in [1.165, 1.54) is 0 Å². The second kappa shape index (κ2) is 3.98. The van der Waals surface area contributed by atoms with Gasteiger partial charge in [-0.15, -0.1) is 0 Å². The summed E-state index contributed by atoms with van der Waals surface area (Å²) in [5.74, 6) is -1.00. The van der Waals surface area contributed by atoms with Crippen LogP contribution < -0.4 is 5.73 Å². The van der Waals surface area contributed by atoms with Crippen LogP contribution in [-0.2, 0) is 11.2 Å². The molecule has 4 N–H and O–H groups in total. The van der Waals surface area contributed by atoms with Crippen LogP contribution in [0.25, 0.3) is 10.9 Å². The molecule has 0 unspecified atom stereocenters. The van der Waals surface area contributed by atoms with Crippen molar-refractivity contribution in [3.05, 3.63) is 35.5 Å². The van der Waals surface area contributed by atoms with Gasteiger partial charge in [0.1, 0.15) is 6.04 Å². The highest BCUT2D eigenvalue weighted by Gasteiger charge is 2.14. The third-order valence-electron chi connectivity index (χ3n) is 2.59. The predicted molar refractivity (Wildman–Crippen MR) is 62.4 cm³/mol. The molecule has 0 aliphatic rings. The van der Waals surface area contributed by atoms with Gasteiger partial charge < -0.3 is 15.8 Å². The van der Waals surface area contributed by atoms with E-state index in [2.05, 4.69) is 4.98 Å². The maximum absolute atomic E-state index is 10.7. The summed E-state index contributed by atoms with van der Waals surface area (Å²) in [5, 5.41) is 9.74. The number of aryl methyl sites for hydroxylation is 1. The van der Waals surface area contributed by atoms with E-state index in [1.807, 2.05) is 18.2 Å². The molecular weight excluding hydrogens is 204 g/mol. The monoisotopic (exact) mass is 219 g/mol. The van der Waals surface area contributed by atoms with Crippen LogP contribution in [0.4, 0.5) is 0 Å². The van der Waals surface area contributed by atoms with Gasteiger partial charge in [0.25, 0.3) is 0 Å². The van der Waals surface area contributed by atoms with Crippen LogP contribution in [0.1, 0.15) is 12.5 Å². The minimum atomic E-state index is -1.00. The van der Waals surface area contributed by atoms with Crippen molar-refractivity contribution in [3.63, 3.8) is 0 Å². The van der Waals surface area contributed by atoms with Crippen LogP contribution in [0, 0.1) is 6.90 Å². The van der Waals surface area contributed by atoms with Gasteiger partial charge in [0, 0.05) is 24.9 Å². The third-order valence-corrected chi connectivity index (χ3v) is 2.59. The van der Waals surface area contributed by atoms with E-state index in [4.69, 9.17) is 12.2 Å². The van der Waals surface area contributed by atoms with Crippen LogP contribution in [0.3, 0.4) is 0 Å². The normalized spacial score (nSPS) is 13.7. The number of rotatable bonds is 3. The van der Waals surface area contributed by atoms with Gasteiger partial charge >= 0.3 is 5.97 Å². The number of aliphatic carboxylic acids is 1. The van der Waals surface area contributed by atoms with Gasteiger partial charge in [0.15, 0.2) is 0 Å². The molecule has 0 saturated heterocycles. The Balaban J connectivity index is 2.37. The van der Waals surface area contributed by atoms with Crippen molar-refractivity contribution in [2.75, 3.05) is 0 Å². The minimum Gasteiger partial charge on any atom is -0.480 e. The SMILES string of the molecule is [2H]Cc1ccc2[nH]cc(C[C@H](N)C(=O)O)c2c1. The van der Waals surface area contributed by atoms with Crippen molar-refractivity contribution < 1.29 is 11.3 Å². The lowest BCUT2D eigenvalue weighted by atomic mass is 10.0. The first-order valence-electron chi connectivity index (χ1n) is 5.69. The Morgan fingerprint density at radius 1 is 1.69 bits per heavy atom. The average Bonchev–Trinajstić information content (AvgIpc) is 2.71. The quantitative estimate of drug-likeness (QED) is 0.730. The summed E-state index contributed by atoms with van der Waals surface area (Å²) >= 11 is 0. The topological polar surface area (TPSA) is 79.1 Å². The Bertz CT molecular complexity index is 550. The molecule has 0 amide bonds. The number of carbonyl (C=O) groups is 1. The number of hydrogen-bond donors (Lipinski definition) is 3. The van der Waals surface area contributed by atoms with Crippen LogP contribution in [0.2, 0.25) is 0 Å². The highest BCUT2D eigenvalue weighted by atomic mass is 16.4. The predicted octanol–water partition coefficient (Wildman–Crippen LogP) is 1.43. The van der Waals surface area contributed by atoms with Gasteiger partial charge in [-0.05, 0) is 24.6 Å². The number of aromatic nitrogens is 1. The lowest BCUT2D eigenvalue weighted by Crippen LogP contribution is -2.32. The number of nitrogens with two attached hydrogens (primary N) is 1. The fourth-order valence-electron chi connectivity index (χ4n) is 1.72.